The summed E-state index contributed by atoms with van der Waals surface area (Å²) in [5.41, 5.74) is -1.50. The predicted octanol–water partition coefficient (Wildman–Crippen LogP) is -1.99. The molecule has 0 bridgehead atoms. The van der Waals surface area contributed by atoms with Crippen molar-refractivity contribution in [1.82, 2.24) is 5.32 Å². The van der Waals surface area contributed by atoms with E-state index in [-0.39, 0.29) is 6.61 Å². The smallest absolute Gasteiger partial charge is 0.160 e. The maximum absolute atomic E-state index is 9.70. The van der Waals surface area contributed by atoms with Crippen molar-refractivity contribution in [2.75, 3.05) is 6.61 Å². The molecule has 6 heteroatoms. The fourth-order valence-electron chi connectivity index (χ4n) is 1.34. The molecular formula is C7H14N2O4. The van der Waals surface area contributed by atoms with E-state index in [0.717, 1.165) is 6.34 Å². The Morgan fingerprint density at radius 2 is 2.31 bits per heavy atom. The van der Waals surface area contributed by atoms with Crippen LogP contribution in [-0.4, -0.2) is 52.3 Å². The van der Waals surface area contributed by atoms with Crippen LogP contribution in [0.15, 0.2) is 0 Å². The van der Waals surface area contributed by atoms with E-state index in [0.29, 0.717) is 0 Å². The molecule has 1 saturated heterocycles. The van der Waals surface area contributed by atoms with Gasteiger partial charge < -0.3 is 25.4 Å². The van der Waals surface area contributed by atoms with Gasteiger partial charge in [0.15, 0.2) is 6.23 Å². The molecule has 13 heavy (non-hydrogen) atoms. The quantitative estimate of drug-likeness (QED) is 0.262. The van der Waals surface area contributed by atoms with Crippen LogP contribution in [0.3, 0.4) is 0 Å². The highest BCUT2D eigenvalue weighted by Crippen LogP contribution is 2.28. The first-order chi connectivity index (χ1) is 6.04. The maximum atomic E-state index is 9.70. The zero-order valence-electron chi connectivity index (χ0n) is 7.27. The number of nitrogens with one attached hydrogen (secondary N) is 2. The number of aliphatic hydroxyl groups excluding tert-OH is 2. The van der Waals surface area contributed by atoms with Gasteiger partial charge in [-0.1, -0.05) is 0 Å². The van der Waals surface area contributed by atoms with Gasteiger partial charge in [-0.05, 0) is 6.92 Å². The Morgan fingerprint density at radius 3 is 2.69 bits per heavy atom. The van der Waals surface area contributed by atoms with Crippen LogP contribution in [0.5, 0.6) is 0 Å². The van der Waals surface area contributed by atoms with Gasteiger partial charge in [-0.15, -0.1) is 0 Å². The summed E-state index contributed by atoms with van der Waals surface area (Å²) in [7, 11) is 0. The van der Waals surface area contributed by atoms with E-state index in [1.165, 1.54) is 6.92 Å². The fourth-order valence-corrected chi connectivity index (χ4v) is 1.34. The summed E-state index contributed by atoms with van der Waals surface area (Å²) in [6, 6.07) is 0. The molecule has 5 N–H and O–H groups in total. The third-order valence-electron chi connectivity index (χ3n) is 2.21. The van der Waals surface area contributed by atoms with Crippen molar-refractivity contribution < 1.29 is 20.1 Å². The van der Waals surface area contributed by atoms with Crippen LogP contribution in [0.1, 0.15) is 6.92 Å². The van der Waals surface area contributed by atoms with Crippen molar-refractivity contribution in [1.29, 1.82) is 5.41 Å². The average molecular weight is 190 g/mol. The van der Waals surface area contributed by atoms with Crippen molar-refractivity contribution in [2.45, 2.75) is 31.0 Å². The van der Waals surface area contributed by atoms with Gasteiger partial charge in [0.05, 0.1) is 12.9 Å². The Bertz CT molecular complexity index is 197. The monoisotopic (exact) mass is 190 g/mol. The Balaban J connectivity index is 2.73. The molecule has 1 heterocycles. The molecule has 76 valence electrons. The van der Waals surface area contributed by atoms with Crippen LogP contribution in [-0.2, 0) is 4.74 Å². The van der Waals surface area contributed by atoms with Crippen molar-refractivity contribution in [3.63, 3.8) is 0 Å². The number of hydrogen-bond acceptors (Lipinski definition) is 5. The summed E-state index contributed by atoms with van der Waals surface area (Å²) < 4.78 is 5.07. The number of aliphatic hydroxyl groups is 3. The molecule has 0 spiro atoms. The van der Waals surface area contributed by atoms with Gasteiger partial charge in [-0.3, -0.25) is 5.41 Å². The number of hydrogen-bond donors (Lipinski definition) is 5. The lowest BCUT2D eigenvalue weighted by atomic mass is 9.97. The third-order valence-corrected chi connectivity index (χ3v) is 2.21. The minimum atomic E-state index is -1.50. The van der Waals surface area contributed by atoms with E-state index < -0.39 is 24.0 Å². The molecule has 0 unspecified atom stereocenters. The van der Waals surface area contributed by atoms with Gasteiger partial charge in [0.1, 0.15) is 17.8 Å². The molecule has 1 aliphatic heterocycles. The van der Waals surface area contributed by atoms with E-state index in [4.69, 9.17) is 15.3 Å². The molecule has 6 nitrogen and oxygen atoms in total. The minimum absolute atomic E-state index is 0.368. The van der Waals surface area contributed by atoms with Crippen LogP contribution in [0.4, 0.5) is 0 Å². The molecule has 1 aliphatic rings. The Hall–Kier alpha value is -0.690. The van der Waals surface area contributed by atoms with Gasteiger partial charge in [0, 0.05) is 0 Å². The summed E-state index contributed by atoms with van der Waals surface area (Å²) in [5, 5.41) is 37.1. The lowest BCUT2D eigenvalue weighted by molar-refractivity contribution is -0.0676. The topological polar surface area (TPSA) is 106 Å². The van der Waals surface area contributed by atoms with E-state index in [1.54, 1.807) is 0 Å². The van der Waals surface area contributed by atoms with E-state index in [2.05, 4.69) is 5.32 Å². The number of ether oxygens (including phenoxy) is 1. The van der Waals surface area contributed by atoms with Crippen molar-refractivity contribution in [3.05, 3.63) is 0 Å². The van der Waals surface area contributed by atoms with Gasteiger partial charge in [0.25, 0.3) is 0 Å². The van der Waals surface area contributed by atoms with Crippen LogP contribution in [0.25, 0.3) is 0 Å². The predicted molar refractivity (Wildman–Crippen MR) is 44.3 cm³/mol. The van der Waals surface area contributed by atoms with Gasteiger partial charge in [-0.25, -0.2) is 0 Å². The zero-order valence-corrected chi connectivity index (χ0v) is 7.27. The zero-order chi connectivity index (χ0) is 10.1. The van der Waals surface area contributed by atoms with Crippen molar-refractivity contribution in [2.24, 2.45) is 0 Å². The molecule has 0 amide bonds. The Kier molecular flexibility index (Phi) is 2.87. The first kappa shape index (κ1) is 10.4. The molecule has 0 radical (unpaired) electrons. The highest BCUT2D eigenvalue weighted by atomic mass is 16.6. The second-order valence-electron chi connectivity index (χ2n) is 3.22. The standard InChI is InChI=1S/C7H14N2O4/c1-7(12)5(11)4(2-10)13-6(7)9-3-8/h3-6,10-12H,2H2,1H3,(H2,8,9)/t4-,5-,6-,7-/m1/s1. The molecule has 0 saturated carbocycles. The molecule has 4 atom stereocenters. The van der Waals surface area contributed by atoms with Crippen molar-refractivity contribution in [3.8, 4) is 0 Å². The molecule has 0 aromatic heterocycles. The first-order valence-electron chi connectivity index (χ1n) is 3.95. The molecule has 0 aliphatic carbocycles. The van der Waals surface area contributed by atoms with Gasteiger partial charge in [-0.2, -0.15) is 0 Å². The molecule has 1 fully saturated rings. The third kappa shape index (κ3) is 1.66. The SMILES string of the molecule is C[C@]1(O)[C@H](NC=N)O[C@H](CO)[C@H]1O. The Morgan fingerprint density at radius 1 is 1.69 bits per heavy atom. The van der Waals surface area contributed by atoms with Crippen LogP contribution < -0.4 is 5.32 Å². The lowest BCUT2D eigenvalue weighted by Gasteiger charge is -2.25. The lowest BCUT2D eigenvalue weighted by Crippen LogP contribution is -2.51. The summed E-state index contributed by atoms with van der Waals surface area (Å²) in [5.74, 6) is 0. The van der Waals surface area contributed by atoms with Crippen LogP contribution >= 0.6 is 0 Å². The molecule has 1 rings (SSSR count). The van der Waals surface area contributed by atoms with Gasteiger partial charge in [0.2, 0.25) is 0 Å². The largest absolute Gasteiger partial charge is 0.394 e. The van der Waals surface area contributed by atoms with Gasteiger partial charge >= 0.3 is 0 Å². The second kappa shape index (κ2) is 3.59. The van der Waals surface area contributed by atoms with E-state index in [1.807, 2.05) is 0 Å². The molecule has 0 aromatic carbocycles. The van der Waals surface area contributed by atoms with Crippen LogP contribution in [0.2, 0.25) is 0 Å². The van der Waals surface area contributed by atoms with Crippen LogP contribution in [0, 0.1) is 5.41 Å². The van der Waals surface area contributed by atoms with Crippen molar-refractivity contribution >= 4 is 6.34 Å². The minimum Gasteiger partial charge on any atom is -0.394 e. The van der Waals surface area contributed by atoms with E-state index in [9.17, 15) is 10.2 Å². The highest BCUT2D eigenvalue weighted by molar-refractivity contribution is 5.50. The average Bonchev–Trinajstić information content (AvgIpc) is 2.29. The summed E-state index contributed by atoms with van der Waals surface area (Å²) in [6.45, 7) is 1.02. The Labute approximate surface area is 75.7 Å². The van der Waals surface area contributed by atoms with E-state index >= 15 is 0 Å². The fraction of sp³-hybridized carbons (Fsp3) is 0.857. The normalized spacial score (nSPS) is 44.8. The maximum Gasteiger partial charge on any atom is 0.160 e. The second-order valence-corrected chi connectivity index (χ2v) is 3.22. The summed E-state index contributed by atoms with van der Waals surface area (Å²) in [6.07, 6.45) is -1.97. The molecular weight excluding hydrogens is 176 g/mol. The summed E-state index contributed by atoms with van der Waals surface area (Å²) in [4.78, 5) is 0. The first-order valence-corrected chi connectivity index (χ1v) is 3.95. The highest BCUT2D eigenvalue weighted by Gasteiger charge is 2.51. The molecule has 0 aromatic rings. The number of rotatable bonds is 3. The summed E-state index contributed by atoms with van der Waals surface area (Å²) >= 11 is 0.